The largest absolute Gasteiger partial charge is 0.323 e. The highest BCUT2D eigenvalue weighted by Gasteiger charge is 2.12. The fourth-order valence-electron chi connectivity index (χ4n) is 1.65. The molecule has 0 saturated heterocycles. The zero-order valence-electron chi connectivity index (χ0n) is 9.06. The van der Waals surface area contributed by atoms with Crippen LogP contribution in [0.15, 0.2) is 23.7 Å². The Balaban J connectivity index is 1.97. The number of halogens is 1. The molecule has 0 aliphatic heterocycles. The summed E-state index contributed by atoms with van der Waals surface area (Å²) in [4.78, 5) is 1.07. The highest BCUT2D eigenvalue weighted by molar-refractivity contribution is 7.10. The first kappa shape index (κ1) is 11.6. The molecule has 0 radical (unpaired) electrons. The van der Waals surface area contributed by atoms with Crippen molar-refractivity contribution in [1.29, 1.82) is 0 Å². The van der Waals surface area contributed by atoms with Crippen LogP contribution in [-0.4, -0.2) is 9.78 Å². The summed E-state index contributed by atoms with van der Waals surface area (Å²) in [6.45, 7) is 0. The maximum absolute atomic E-state index is 6.10. The molecule has 0 saturated carbocycles. The Bertz CT molecular complexity index is 463. The lowest BCUT2D eigenvalue weighted by atomic mass is 10.1. The van der Waals surface area contributed by atoms with Gasteiger partial charge in [0.15, 0.2) is 0 Å². The first-order valence-electron chi connectivity index (χ1n) is 5.14. The number of rotatable bonds is 4. The smallest absolute Gasteiger partial charge is 0.0561 e. The summed E-state index contributed by atoms with van der Waals surface area (Å²) in [5, 5.41) is 6.88. The van der Waals surface area contributed by atoms with Crippen LogP contribution >= 0.6 is 22.9 Å². The van der Waals surface area contributed by atoms with Crippen molar-refractivity contribution in [1.82, 2.24) is 9.78 Å². The molecule has 0 aromatic carbocycles. The molecular formula is C11H14ClN3S. The van der Waals surface area contributed by atoms with Gasteiger partial charge in [-0.15, -0.1) is 11.3 Å². The van der Waals surface area contributed by atoms with E-state index >= 15 is 0 Å². The fraction of sp³-hybridized carbons (Fsp3) is 0.364. The lowest BCUT2D eigenvalue weighted by molar-refractivity contribution is 0.620. The normalized spacial score (nSPS) is 12.9. The SMILES string of the molecule is Cn1nccc1CCC(N)c1sccc1Cl. The molecule has 2 rings (SSSR count). The fourth-order valence-corrected chi connectivity index (χ4v) is 2.89. The molecule has 0 bridgehead atoms. The highest BCUT2D eigenvalue weighted by atomic mass is 35.5. The van der Waals surface area contributed by atoms with Crippen LogP contribution in [0.5, 0.6) is 0 Å². The summed E-state index contributed by atoms with van der Waals surface area (Å²) in [5.41, 5.74) is 7.30. The molecule has 0 amide bonds. The molecule has 1 atom stereocenters. The summed E-state index contributed by atoms with van der Waals surface area (Å²) in [6.07, 6.45) is 3.62. The van der Waals surface area contributed by atoms with Gasteiger partial charge in [0.05, 0.1) is 5.02 Å². The first-order valence-corrected chi connectivity index (χ1v) is 6.39. The zero-order chi connectivity index (χ0) is 11.5. The van der Waals surface area contributed by atoms with Crippen molar-refractivity contribution in [3.63, 3.8) is 0 Å². The third-order valence-corrected chi connectivity index (χ3v) is 4.11. The first-order chi connectivity index (χ1) is 7.68. The Hall–Kier alpha value is -0.840. The molecular weight excluding hydrogens is 242 g/mol. The average molecular weight is 256 g/mol. The Labute approximate surface area is 104 Å². The van der Waals surface area contributed by atoms with Crippen molar-refractivity contribution < 1.29 is 0 Å². The molecule has 86 valence electrons. The number of thiophene rings is 1. The van der Waals surface area contributed by atoms with Gasteiger partial charge in [-0.05, 0) is 30.4 Å². The van der Waals surface area contributed by atoms with Gasteiger partial charge >= 0.3 is 0 Å². The quantitative estimate of drug-likeness (QED) is 0.913. The molecule has 2 N–H and O–H groups in total. The summed E-state index contributed by atoms with van der Waals surface area (Å²) in [5.74, 6) is 0. The van der Waals surface area contributed by atoms with Crippen LogP contribution in [0.2, 0.25) is 5.02 Å². The van der Waals surface area contributed by atoms with E-state index in [-0.39, 0.29) is 6.04 Å². The summed E-state index contributed by atoms with van der Waals surface area (Å²) < 4.78 is 1.88. The average Bonchev–Trinajstić information content (AvgIpc) is 2.84. The van der Waals surface area contributed by atoms with Crippen LogP contribution < -0.4 is 5.73 Å². The molecule has 0 fully saturated rings. The standard InChI is InChI=1S/C11H14ClN3S/c1-15-8(4-6-14-15)2-3-10(13)11-9(12)5-7-16-11/h4-7,10H,2-3,13H2,1H3. The minimum absolute atomic E-state index is 0.0161. The number of aromatic nitrogens is 2. The second-order valence-corrected chi connectivity index (χ2v) is 5.08. The van der Waals surface area contributed by atoms with Crippen molar-refractivity contribution in [2.45, 2.75) is 18.9 Å². The molecule has 0 aliphatic rings. The summed E-state index contributed by atoms with van der Waals surface area (Å²) in [7, 11) is 1.94. The van der Waals surface area contributed by atoms with E-state index in [1.54, 1.807) is 17.5 Å². The number of nitrogens with zero attached hydrogens (tertiary/aromatic N) is 2. The van der Waals surface area contributed by atoms with E-state index in [1.807, 2.05) is 29.2 Å². The van der Waals surface area contributed by atoms with Gasteiger partial charge in [-0.3, -0.25) is 4.68 Å². The van der Waals surface area contributed by atoms with E-state index in [2.05, 4.69) is 5.10 Å². The summed E-state index contributed by atoms with van der Waals surface area (Å²) >= 11 is 7.66. The molecule has 2 aromatic rings. The number of hydrogen-bond donors (Lipinski definition) is 1. The van der Waals surface area contributed by atoms with Gasteiger partial charge in [0.25, 0.3) is 0 Å². The Morgan fingerprint density at radius 2 is 2.38 bits per heavy atom. The molecule has 2 aromatic heterocycles. The predicted molar refractivity (Wildman–Crippen MR) is 67.8 cm³/mol. The maximum atomic E-state index is 6.10. The molecule has 0 aliphatic carbocycles. The molecule has 0 spiro atoms. The van der Waals surface area contributed by atoms with Gasteiger partial charge in [-0.2, -0.15) is 5.10 Å². The lowest BCUT2D eigenvalue weighted by Crippen LogP contribution is -2.11. The Morgan fingerprint density at radius 1 is 1.56 bits per heavy atom. The van der Waals surface area contributed by atoms with Crippen molar-refractivity contribution >= 4 is 22.9 Å². The van der Waals surface area contributed by atoms with E-state index in [9.17, 15) is 0 Å². The van der Waals surface area contributed by atoms with E-state index in [1.165, 1.54) is 5.69 Å². The van der Waals surface area contributed by atoms with Crippen molar-refractivity contribution in [2.24, 2.45) is 12.8 Å². The second kappa shape index (κ2) is 4.99. The molecule has 16 heavy (non-hydrogen) atoms. The number of hydrogen-bond acceptors (Lipinski definition) is 3. The highest BCUT2D eigenvalue weighted by Crippen LogP contribution is 2.29. The van der Waals surface area contributed by atoms with Crippen LogP contribution in [-0.2, 0) is 13.5 Å². The summed E-state index contributed by atoms with van der Waals surface area (Å²) in [6, 6.07) is 3.93. The van der Waals surface area contributed by atoms with Crippen LogP contribution in [0.4, 0.5) is 0 Å². The van der Waals surface area contributed by atoms with Crippen LogP contribution in [0.1, 0.15) is 23.0 Å². The van der Waals surface area contributed by atoms with Crippen LogP contribution in [0, 0.1) is 0 Å². The van der Waals surface area contributed by atoms with Gasteiger partial charge in [-0.1, -0.05) is 11.6 Å². The molecule has 1 unspecified atom stereocenters. The van der Waals surface area contributed by atoms with Gasteiger partial charge in [-0.25, -0.2) is 0 Å². The minimum atomic E-state index is 0.0161. The minimum Gasteiger partial charge on any atom is -0.323 e. The zero-order valence-corrected chi connectivity index (χ0v) is 10.6. The molecule has 3 nitrogen and oxygen atoms in total. The van der Waals surface area contributed by atoms with Gasteiger partial charge in [0.2, 0.25) is 0 Å². The monoisotopic (exact) mass is 255 g/mol. The van der Waals surface area contributed by atoms with Gasteiger partial charge in [0.1, 0.15) is 0 Å². The second-order valence-electron chi connectivity index (χ2n) is 3.72. The van der Waals surface area contributed by atoms with Crippen molar-refractivity contribution in [2.75, 3.05) is 0 Å². The van der Waals surface area contributed by atoms with Gasteiger partial charge < -0.3 is 5.73 Å². The third-order valence-electron chi connectivity index (χ3n) is 2.62. The van der Waals surface area contributed by atoms with E-state index in [0.717, 1.165) is 22.7 Å². The van der Waals surface area contributed by atoms with E-state index in [0.29, 0.717) is 0 Å². The number of aryl methyl sites for hydroxylation is 2. The van der Waals surface area contributed by atoms with Crippen molar-refractivity contribution in [3.8, 4) is 0 Å². The van der Waals surface area contributed by atoms with Crippen molar-refractivity contribution in [3.05, 3.63) is 39.3 Å². The maximum Gasteiger partial charge on any atom is 0.0561 e. The third kappa shape index (κ3) is 2.45. The lowest BCUT2D eigenvalue weighted by Gasteiger charge is -2.10. The molecule has 2 heterocycles. The van der Waals surface area contributed by atoms with Gasteiger partial charge in [0, 0.05) is 29.9 Å². The van der Waals surface area contributed by atoms with Crippen LogP contribution in [0.3, 0.4) is 0 Å². The van der Waals surface area contributed by atoms with E-state index < -0.39 is 0 Å². The molecule has 5 heteroatoms. The Kier molecular flexibility index (Phi) is 3.63. The topological polar surface area (TPSA) is 43.8 Å². The van der Waals surface area contributed by atoms with Crippen LogP contribution in [0.25, 0.3) is 0 Å². The van der Waals surface area contributed by atoms with E-state index in [4.69, 9.17) is 17.3 Å². The predicted octanol–water partition coefficient (Wildman–Crippen LogP) is 2.77. The Morgan fingerprint density at radius 3 is 2.94 bits per heavy atom. The number of nitrogens with two attached hydrogens (primary N) is 1.